The van der Waals surface area contributed by atoms with E-state index in [2.05, 4.69) is 30.7 Å². The second kappa shape index (κ2) is 12.9. The molecule has 3 aliphatic rings. The lowest BCUT2D eigenvalue weighted by Crippen LogP contribution is -2.64. The maximum Gasteiger partial charge on any atom is 0.265 e. The molecule has 7 rings (SSSR count). The van der Waals surface area contributed by atoms with E-state index in [0.29, 0.717) is 64.5 Å². The minimum Gasteiger partial charge on any atom is -0.482 e. The first-order chi connectivity index (χ1) is 23.5. The van der Waals surface area contributed by atoms with Crippen molar-refractivity contribution in [3.8, 4) is 16.9 Å². The fourth-order valence-electron chi connectivity index (χ4n) is 7.18. The number of amides is 2. The molecule has 0 bridgehead atoms. The molecule has 0 spiro atoms. The quantitative estimate of drug-likeness (QED) is 0.268. The summed E-state index contributed by atoms with van der Waals surface area (Å²) in [7, 11) is 1.72. The van der Waals surface area contributed by atoms with Gasteiger partial charge in [0.2, 0.25) is 0 Å². The van der Waals surface area contributed by atoms with Crippen molar-refractivity contribution >= 4 is 40.1 Å². The molecule has 1 aromatic carbocycles. The van der Waals surface area contributed by atoms with Gasteiger partial charge in [0.15, 0.2) is 12.3 Å². The third-order valence-corrected chi connectivity index (χ3v) is 9.99. The maximum atomic E-state index is 14.7. The Morgan fingerprint density at radius 2 is 2.02 bits per heavy atom. The Morgan fingerprint density at radius 3 is 2.69 bits per heavy atom. The number of anilines is 1. The van der Waals surface area contributed by atoms with Gasteiger partial charge >= 0.3 is 0 Å². The number of fused-ring (bicyclic) bond motifs is 2. The zero-order valence-corrected chi connectivity index (χ0v) is 28.7. The molecule has 14 heteroatoms. The van der Waals surface area contributed by atoms with Crippen molar-refractivity contribution in [3.05, 3.63) is 64.5 Å². The van der Waals surface area contributed by atoms with E-state index in [1.165, 1.54) is 11.1 Å². The molecule has 0 saturated carbocycles. The fraction of sp³-hybridized carbons (Fsp3) is 0.457. The zero-order chi connectivity index (χ0) is 34.6. The highest BCUT2D eigenvalue weighted by molar-refractivity contribution is 6.30. The summed E-state index contributed by atoms with van der Waals surface area (Å²) in [5, 5.41) is 5.68. The molecule has 0 radical (unpaired) electrons. The normalized spacial score (nSPS) is 20.7. The van der Waals surface area contributed by atoms with E-state index in [0.717, 1.165) is 25.6 Å². The summed E-state index contributed by atoms with van der Waals surface area (Å²) in [5.41, 5.74) is 9.37. The van der Waals surface area contributed by atoms with Crippen LogP contribution in [0.1, 0.15) is 55.0 Å². The Hall–Kier alpha value is -4.17. The van der Waals surface area contributed by atoms with Gasteiger partial charge in [-0.3, -0.25) is 24.4 Å². The number of hydrogen-bond donors (Lipinski definition) is 1. The van der Waals surface area contributed by atoms with Gasteiger partial charge in [-0.05, 0) is 49.4 Å². The number of rotatable bonds is 9. The molecule has 258 valence electrons. The Balaban J connectivity index is 1.32. The van der Waals surface area contributed by atoms with Gasteiger partial charge < -0.3 is 19.9 Å². The van der Waals surface area contributed by atoms with Crippen LogP contribution in [0.5, 0.6) is 5.75 Å². The lowest BCUT2D eigenvalue weighted by molar-refractivity contribution is -0.155. The van der Waals surface area contributed by atoms with E-state index in [9.17, 15) is 14.0 Å². The Morgan fingerprint density at radius 1 is 1.22 bits per heavy atom. The summed E-state index contributed by atoms with van der Waals surface area (Å²) < 4.78 is 34.1. The summed E-state index contributed by atoms with van der Waals surface area (Å²) in [5.74, 6) is -0.992. The first kappa shape index (κ1) is 33.3. The van der Waals surface area contributed by atoms with E-state index in [1.807, 2.05) is 4.68 Å². The molecule has 3 aromatic heterocycles. The molecule has 0 unspecified atom stereocenters. The van der Waals surface area contributed by atoms with Crippen LogP contribution in [0.2, 0.25) is 5.02 Å². The van der Waals surface area contributed by atoms with Crippen LogP contribution in [0.3, 0.4) is 0 Å². The van der Waals surface area contributed by atoms with E-state index >= 15 is 0 Å². The van der Waals surface area contributed by atoms with Crippen molar-refractivity contribution in [2.45, 2.75) is 57.8 Å². The van der Waals surface area contributed by atoms with Gasteiger partial charge in [-0.25, -0.2) is 14.1 Å². The number of pyridine rings is 2. The van der Waals surface area contributed by atoms with Crippen LogP contribution in [0.25, 0.3) is 22.2 Å². The third kappa shape index (κ3) is 6.02. The number of benzene rings is 1. The summed E-state index contributed by atoms with van der Waals surface area (Å²) in [6.45, 7) is 8.95. The predicted octanol–water partition coefficient (Wildman–Crippen LogP) is 4.56. The summed E-state index contributed by atoms with van der Waals surface area (Å²) >= 11 is 5.89. The first-order valence-corrected chi connectivity index (χ1v) is 16.8. The van der Waals surface area contributed by atoms with Crippen LogP contribution >= 0.6 is 11.6 Å². The average Bonchev–Trinajstić information content (AvgIpc) is 3.47. The lowest BCUT2D eigenvalue weighted by Gasteiger charge is -2.51. The Labute approximate surface area is 288 Å². The monoisotopic (exact) mass is 691 g/mol. The SMILES string of the molecule is CO[C@H]1CN(C2(C)COC2)CC[C@H]1n1ncc2c(-c3ccc4c(c3)OCC(=O)N4Cc3ncc(Cl)cc3F)c(C(N)=O)c(CC(C)C)nc21. The number of likely N-dealkylation sites (tertiary alicyclic amines) is 1. The second-order valence-electron chi connectivity index (χ2n) is 13.7. The van der Waals surface area contributed by atoms with E-state index in [1.54, 1.807) is 31.5 Å². The predicted molar refractivity (Wildman–Crippen MR) is 181 cm³/mol. The summed E-state index contributed by atoms with van der Waals surface area (Å²) in [4.78, 5) is 39.2. The van der Waals surface area contributed by atoms with Gasteiger partial charge in [-0.1, -0.05) is 31.5 Å². The van der Waals surface area contributed by atoms with Crippen LogP contribution in [0.4, 0.5) is 10.1 Å². The lowest BCUT2D eigenvalue weighted by atomic mass is 9.91. The fourth-order valence-corrected chi connectivity index (χ4v) is 7.32. The standard InChI is InChI=1S/C35H39ClFN7O5/c1-19(2)9-24-32(33(38)46)31(20-5-6-26-28(10-20)49-16-30(45)43(26)14-25-23(37)11-21(36)12-39-25)22-13-40-44(34(22)41-24)27-7-8-42(15-29(27)47-4)35(3)17-48-18-35/h5-6,10-13,19,27,29H,7-9,14-18H2,1-4H3,(H2,38,46)/t27-,29+/m1/s1. The van der Waals surface area contributed by atoms with Crippen LogP contribution in [-0.2, 0) is 27.2 Å². The molecule has 0 aliphatic carbocycles. The van der Waals surface area contributed by atoms with Crippen molar-refractivity contribution < 1.29 is 28.2 Å². The number of aromatic nitrogens is 4. The molecule has 2 atom stereocenters. The summed E-state index contributed by atoms with van der Waals surface area (Å²) in [6.07, 6.45) is 4.23. The molecular weight excluding hydrogens is 653 g/mol. The van der Waals surface area contributed by atoms with Gasteiger partial charge in [0.1, 0.15) is 11.6 Å². The highest BCUT2D eigenvalue weighted by Crippen LogP contribution is 2.42. The van der Waals surface area contributed by atoms with Gasteiger partial charge in [-0.15, -0.1) is 0 Å². The molecule has 12 nitrogen and oxygen atoms in total. The van der Waals surface area contributed by atoms with E-state index in [4.69, 9.17) is 41.6 Å². The van der Waals surface area contributed by atoms with Crippen LogP contribution in [-0.4, -0.2) is 88.1 Å². The molecule has 49 heavy (non-hydrogen) atoms. The number of carbonyl (C=O) groups is 2. The number of piperidine rings is 1. The Bertz CT molecular complexity index is 1950. The second-order valence-corrected chi connectivity index (χ2v) is 14.1. The molecule has 2 saturated heterocycles. The largest absolute Gasteiger partial charge is 0.482 e. The van der Waals surface area contributed by atoms with Crippen molar-refractivity contribution in [3.63, 3.8) is 0 Å². The number of ether oxygens (including phenoxy) is 3. The van der Waals surface area contributed by atoms with Crippen LogP contribution < -0.4 is 15.4 Å². The number of nitrogens with zero attached hydrogens (tertiary/aromatic N) is 6. The Kier molecular flexibility index (Phi) is 8.80. The van der Waals surface area contributed by atoms with E-state index in [-0.39, 0.29) is 53.4 Å². The maximum absolute atomic E-state index is 14.7. The van der Waals surface area contributed by atoms with Gasteiger partial charge in [0, 0.05) is 37.3 Å². The minimum atomic E-state index is -0.613. The average molecular weight is 692 g/mol. The van der Waals surface area contributed by atoms with Gasteiger partial charge in [0.05, 0.1) is 71.3 Å². The molecule has 4 aromatic rings. The third-order valence-electron chi connectivity index (χ3n) is 9.78. The summed E-state index contributed by atoms with van der Waals surface area (Å²) in [6, 6.07) is 6.37. The topological polar surface area (TPSA) is 138 Å². The molecule has 2 N–H and O–H groups in total. The van der Waals surface area contributed by atoms with Crippen molar-refractivity contribution in [1.29, 1.82) is 0 Å². The molecular formula is C35H39ClFN7O5. The smallest absolute Gasteiger partial charge is 0.265 e. The van der Waals surface area contributed by atoms with Crippen LogP contribution in [0.15, 0.2) is 36.7 Å². The number of nitrogens with two attached hydrogens (primary N) is 1. The highest BCUT2D eigenvalue weighted by atomic mass is 35.5. The van der Waals surface area contributed by atoms with Gasteiger partial charge in [0.25, 0.3) is 11.8 Å². The molecule has 2 amide bonds. The van der Waals surface area contributed by atoms with Crippen LogP contribution in [0, 0.1) is 11.7 Å². The number of carbonyl (C=O) groups excluding carboxylic acids is 2. The van der Waals surface area contributed by atoms with Crippen molar-refractivity contribution in [2.75, 3.05) is 44.9 Å². The van der Waals surface area contributed by atoms with Crippen molar-refractivity contribution in [1.82, 2.24) is 24.6 Å². The number of halogens is 2. The molecule has 2 fully saturated rings. The van der Waals surface area contributed by atoms with E-state index < -0.39 is 11.7 Å². The minimum absolute atomic E-state index is 0.00558. The molecule has 3 aliphatic heterocycles. The highest BCUT2D eigenvalue weighted by Gasteiger charge is 2.44. The van der Waals surface area contributed by atoms with Gasteiger partial charge in [-0.2, -0.15) is 5.10 Å². The molecule has 6 heterocycles. The number of hydrogen-bond acceptors (Lipinski definition) is 9. The number of primary amides is 1. The van der Waals surface area contributed by atoms with Crippen molar-refractivity contribution in [2.24, 2.45) is 11.7 Å². The first-order valence-electron chi connectivity index (χ1n) is 16.4. The zero-order valence-electron chi connectivity index (χ0n) is 27.9. The number of methoxy groups -OCH3 is 1.